The number of amides is 2. The Hall–Kier alpha value is -3.75. The van der Waals surface area contributed by atoms with Crippen LogP contribution in [0.15, 0.2) is 60.7 Å². The third-order valence-electron chi connectivity index (χ3n) is 4.78. The maximum atomic E-state index is 13.2. The van der Waals surface area contributed by atoms with Crippen LogP contribution in [0.2, 0.25) is 0 Å². The number of anilines is 1. The summed E-state index contributed by atoms with van der Waals surface area (Å²) in [6.45, 7) is 5.23. The second kappa shape index (κ2) is 10.5. The van der Waals surface area contributed by atoms with E-state index in [1.165, 1.54) is 0 Å². The smallest absolute Gasteiger partial charge is 0.431 e. The van der Waals surface area contributed by atoms with Crippen LogP contribution in [-0.2, 0) is 19.0 Å². The highest BCUT2D eigenvalue weighted by molar-refractivity contribution is 5.88. The summed E-state index contributed by atoms with van der Waals surface area (Å²) in [6.07, 6.45) is -3.80. The standard InChI is InChI=1S/C23H27N3O6/c1-4-30-21(27)20-24(18-15-11-8-12-16-18)19(17-13-9-7-10-14-17)25(22(28)31-5-2)26(20)23(29)32-6-3/h7-16,19-20H,4-6H2,1-3H3/t19-,20-/m1/s1. The molecule has 2 aromatic carbocycles. The molecule has 0 spiro atoms. The first kappa shape index (κ1) is 22.9. The number of rotatable bonds is 6. The van der Waals surface area contributed by atoms with E-state index in [2.05, 4.69) is 0 Å². The van der Waals surface area contributed by atoms with Crippen LogP contribution in [0.3, 0.4) is 0 Å². The summed E-state index contributed by atoms with van der Waals surface area (Å²) in [5.41, 5.74) is 1.28. The summed E-state index contributed by atoms with van der Waals surface area (Å²) in [4.78, 5) is 41.0. The van der Waals surface area contributed by atoms with E-state index in [0.717, 1.165) is 10.0 Å². The summed E-state index contributed by atoms with van der Waals surface area (Å²) in [6, 6.07) is 18.1. The molecule has 3 rings (SSSR count). The Morgan fingerprint density at radius 2 is 1.22 bits per heavy atom. The molecule has 1 aliphatic heterocycles. The maximum Gasteiger partial charge on any atom is 0.431 e. The summed E-state index contributed by atoms with van der Waals surface area (Å²) in [7, 11) is 0. The normalized spacial score (nSPS) is 17.8. The number of hydrogen-bond donors (Lipinski definition) is 0. The van der Waals surface area contributed by atoms with Gasteiger partial charge in [0.2, 0.25) is 6.17 Å². The van der Waals surface area contributed by atoms with E-state index in [9.17, 15) is 14.4 Å². The van der Waals surface area contributed by atoms with Crippen molar-refractivity contribution in [3.05, 3.63) is 66.2 Å². The van der Waals surface area contributed by atoms with Gasteiger partial charge in [0, 0.05) is 5.69 Å². The van der Waals surface area contributed by atoms with Gasteiger partial charge in [-0.05, 0) is 38.5 Å². The molecule has 0 unspecified atom stereocenters. The van der Waals surface area contributed by atoms with Crippen molar-refractivity contribution in [1.82, 2.24) is 10.0 Å². The number of carbonyl (C=O) groups excluding carboxylic acids is 3. The van der Waals surface area contributed by atoms with Gasteiger partial charge in [0.15, 0.2) is 6.17 Å². The van der Waals surface area contributed by atoms with Crippen molar-refractivity contribution in [3.8, 4) is 0 Å². The lowest BCUT2D eigenvalue weighted by atomic mass is 10.1. The molecule has 1 saturated heterocycles. The van der Waals surface area contributed by atoms with Crippen LogP contribution >= 0.6 is 0 Å². The molecule has 32 heavy (non-hydrogen) atoms. The van der Waals surface area contributed by atoms with E-state index < -0.39 is 30.5 Å². The highest BCUT2D eigenvalue weighted by atomic mass is 16.6. The second-order valence-electron chi connectivity index (χ2n) is 6.74. The fourth-order valence-electron chi connectivity index (χ4n) is 3.60. The van der Waals surface area contributed by atoms with Crippen LogP contribution in [-0.4, -0.2) is 54.2 Å². The van der Waals surface area contributed by atoms with Crippen LogP contribution in [0.5, 0.6) is 0 Å². The molecule has 2 amide bonds. The second-order valence-corrected chi connectivity index (χ2v) is 6.74. The summed E-state index contributed by atoms with van der Waals surface area (Å²) in [5.74, 6) is -0.697. The zero-order valence-electron chi connectivity index (χ0n) is 18.3. The number of para-hydroxylation sites is 1. The molecule has 9 nitrogen and oxygen atoms in total. The highest BCUT2D eigenvalue weighted by Crippen LogP contribution is 2.41. The zero-order valence-corrected chi connectivity index (χ0v) is 18.3. The molecular formula is C23H27N3O6. The van der Waals surface area contributed by atoms with E-state index >= 15 is 0 Å². The SMILES string of the molecule is CCOC(=O)[C@@H]1N(c2ccccc2)[C@@H](c2ccccc2)N(C(=O)OCC)N1C(=O)OCC. The van der Waals surface area contributed by atoms with Crippen molar-refractivity contribution in [3.63, 3.8) is 0 Å². The molecule has 0 aromatic heterocycles. The number of esters is 1. The van der Waals surface area contributed by atoms with Crippen LogP contribution in [0.25, 0.3) is 0 Å². The minimum Gasteiger partial charge on any atom is -0.463 e. The van der Waals surface area contributed by atoms with Gasteiger partial charge in [-0.3, -0.25) is 0 Å². The Kier molecular flexibility index (Phi) is 7.54. The van der Waals surface area contributed by atoms with E-state index in [4.69, 9.17) is 14.2 Å². The van der Waals surface area contributed by atoms with Gasteiger partial charge in [0.25, 0.3) is 0 Å². The first-order valence-electron chi connectivity index (χ1n) is 10.5. The van der Waals surface area contributed by atoms with Crippen LogP contribution in [0, 0.1) is 0 Å². The van der Waals surface area contributed by atoms with Gasteiger partial charge in [-0.15, -0.1) is 0 Å². The molecule has 1 heterocycles. The number of hydrazine groups is 1. The molecule has 2 atom stereocenters. The van der Waals surface area contributed by atoms with Gasteiger partial charge in [0.1, 0.15) is 0 Å². The van der Waals surface area contributed by atoms with E-state index in [1.54, 1.807) is 49.9 Å². The lowest BCUT2D eigenvalue weighted by Crippen LogP contribution is -2.53. The van der Waals surface area contributed by atoms with Gasteiger partial charge in [0.05, 0.1) is 19.8 Å². The number of carbonyl (C=O) groups is 3. The molecule has 9 heteroatoms. The van der Waals surface area contributed by atoms with Gasteiger partial charge in [-0.25, -0.2) is 14.4 Å². The van der Waals surface area contributed by atoms with Gasteiger partial charge >= 0.3 is 18.2 Å². The average molecular weight is 441 g/mol. The third-order valence-corrected chi connectivity index (χ3v) is 4.78. The molecule has 170 valence electrons. The van der Waals surface area contributed by atoms with Crippen LogP contribution < -0.4 is 4.90 Å². The maximum absolute atomic E-state index is 13.2. The third kappa shape index (κ3) is 4.46. The Balaban J connectivity index is 2.25. The minimum absolute atomic E-state index is 0.0584. The fraction of sp³-hybridized carbons (Fsp3) is 0.348. The molecule has 2 aromatic rings. The predicted octanol–water partition coefficient (Wildman–Crippen LogP) is 3.93. The van der Waals surface area contributed by atoms with Gasteiger partial charge in [-0.2, -0.15) is 10.0 Å². The van der Waals surface area contributed by atoms with Crippen molar-refractivity contribution >= 4 is 23.8 Å². The molecule has 0 bridgehead atoms. The number of ether oxygens (including phenoxy) is 3. The van der Waals surface area contributed by atoms with Gasteiger partial charge < -0.3 is 19.1 Å². The summed E-state index contributed by atoms with van der Waals surface area (Å²) < 4.78 is 15.8. The fourth-order valence-corrected chi connectivity index (χ4v) is 3.60. The monoisotopic (exact) mass is 441 g/mol. The van der Waals surface area contributed by atoms with Crippen LogP contribution in [0.4, 0.5) is 15.3 Å². The Morgan fingerprint density at radius 3 is 1.75 bits per heavy atom. The molecule has 0 saturated carbocycles. The van der Waals surface area contributed by atoms with Crippen molar-refractivity contribution in [1.29, 1.82) is 0 Å². The Bertz CT molecular complexity index is 856. The van der Waals surface area contributed by atoms with Gasteiger partial charge in [-0.1, -0.05) is 48.5 Å². The summed E-state index contributed by atoms with van der Waals surface area (Å²) >= 11 is 0. The number of hydrogen-bond acceptors (Lipinski definition) is 7. The molecule has 1 aliphatic rings. The van der Waals surface area contributed by atoms with Crippen molar-refractivity contribution in [2.75, 3.05) is 24.7 Å². The molecular weight excluding hydrogens is 414 g/mol. The zero-order chi connectivity index (χ0) is 23.1. The Morgan fingerprint density at radius 1 is 0.719 bits per heavy atom. The average Bonchev–Trinajstić information content (AvgIpc) is 3.17. The van der Waals surface area contributed by atoms with Crippen molar-refractivity contribution in [2.45, 2.75) is 33.1 Å². The Labute approximate surface area is 187 Å². The van der Waals surface area contributed by atoms with E-state index in [0.29, 0.717) is 11.3 Å². The predicted molar refractivity (Wildman–Crippen MR) is 116 cm³/mol. The molecule has 0 radical (unpaired) electrons. The number of benzene rings is 2. The summed E-state index contributed by atoms with van der Waals surface area (Å²) in [5, 5.41) is 2.09. The van der Waals surface area contributed by atoms with E-state index in [-0.39, 0.29) is 19.8 Å². The van der Waals surface area contributed by atoms with Crippen molar-refractivity contribution in [2.24, 2.45) is 0 Å². The quantitative estimate of drug-likeness (QED) is 0.496. The van der Waals surface area contributed by atoms with Crippen LogP contribution in [0.1, 0.15) is 32.5 Å². The van der Waals surface area contributed by atoms with E-state index in [1.807, 2.05) is 36.4 Å². The highest BCUT2D eigenvalue weighted by Gasteiger charge is 2.56. The molecule has 0 aliphatic carbocycles. The number of nitrogens with zero attached hydrogens (tertiary/aromatic N) is 3. The minimum atomic E-state index is -1.29. The lowest BCUT2D eigenvalue weighted by Gasteiger charge is -2.30. The molecule has 0 N–H and O–H groups in total. The first-order valence-corrected chi connectivity index (χ1v) is 10.5. The largest absolute Gasteiger partial charge is 0.463 e. The van der Waals surface area contributed by atoms with Crippen molar-refractivity contribution < 1.29 is 28.6 Å². The first-order chi connectivity index (χ1) is 15.5. The lowest BCUT2D eigenvalue weighted by molar-refractivity contribution is -0.150. The topological polar surface area (TPSA) is 88.6 Å². The molecule has 1 fully saturated rings.